The molecule has 144 valence electrons. The third kappa shape index (κ3) is 6.84. The first-order valence-electron chi connectivity index (χ1n) is 10.5. The van der Waals surface area contributed by atoms with E-state index in [0.29, 0.717) is 25.7 Å². The number of carbonyl (C=O) groups excluding carboxylic acids is 1. The van der Waals surface area contributed by atoms with E-state index in [1.807, 2.05) is 41.3 Å². The Balaban J connectivity index is 1.60. The van der Waals surface area contributed by atoms with E-state index in [-0.39, 0.29) is 5.91 Å². The van der Waals surface area contributed by atoms with Gasteiger partial charge in [0, 0.05) is 13.1 Å². The van der Waals surface area contributed by atoms with Crippen LogP contribution in [0.3, 0.4) is 0 Å². The van der Waals surface area contributed by atoms with Crippen LogP contribution < -0.4 is 5.32 Å². The normalized spacial score (nSPS) is 15.7. The van der Waals surface area contributed by atoms with E-state index in [1.54, 1.807) is 0 Å². The van der Waals surface area contributed by atoms with Gasteiger partial charge in [-0.3, -0.25) is 4.79 Å². The van der Waals surface area contributed by atoms with Crippen molar-refractivity contribution in [3.63, 3.8) is 0 Å². The Morgan fingerprint density at radius 1 is 0.778 bits per heavy atom. The molecule has 0 saturated heterocycles. The molecule has 3 heteroatoms. The molecule has 2 aromatic rings. The van der Waals surface area contributed by atoms with Crippen LogP contribution in [0.25, 0.3) is 0 Å². The second kappa shape index (κ2) is 10.9. The van der Waals surface area contributed by atoms with Crippen molar-refractivity contribution in [2.45, 2.75) is 64.1 Å². The average molecular weight is 366 g/mol. The van der Waals surface area contributed by atoms with Gasteiger partial charge < -0.3 is 10.2 Å². The van der Waals surface area contributed by atoms with Crippen molar-refractivity contribution >= 4 is 5.91 Å². The fraction of sp³-hybridized carbons (Fsp3) is 0.458. The summed E-state index contributed by atoms with van der Waals surface area (Å²) in [6.45, 7) is 1.91. The monoisotopic (exact) mass is 365 g/mol. The van der Waals surface area contributed by atoms with E-state index in [9.17, 15) is 4.79 Å². The van der Waals surface area contributed by atoms with Gasteiger partial charge in [0.15, 0.2) is 6.54 Å². The number of nitrogens with zero attached hydrogens (tertiary/aromatic N) is 1. The lowest BCUT2D eigenvalue weighted by Crippen LogP contribution is -2.92. The van der Waals surface area contributed by atoms with E-state index < -0.39 is 0 Å². The molecule has 27 heavy (non-hydrogen) atoms. The Bertz CT molecular complexity index is 622. The van der Waals surface area contributed by atoms with Crippen LogP contribution in [-0.2, 0) is 17.9 Å². The first kappa shape index (κ1) is 19.6. The smallest absolute Gasteiger partial charge is 0.278 e. The summed E-state index contributed by atoms with van der Waals surface area (Å²) in [6.07, 6.45) is 9.22. The van der Waals surface area contributed by atoms with Gasteiger partial charge in [0.25, 0.3) is 5.91 Å². The van der Waals surface area contributed by atoms with E-state index in [2.05, 4.69) is 29.6 Å². The second-order valence-corrected chi connectivity index (χ2v) is 7.77. The molecule has 0 atom stereocenters. The van der Waals surface area contributed by atoms with Crippen molar-refractivity contribution in [1.82, 2.24) is 4.90 Å². The molecule has 0 bridgehead atoms. The lowest BCUT2D eigenvalue weighted by Gasteiger charge is -2.24. The molecule has 2 N–H and O–H groups in total. The molecule has 1 aliphatic carbocycles. The lowest BCUT2D eigenvalue weighted by atomic mass is 9.97. The Kier molecular flexibility index (Phi) is 7.91. The minimum Gasteiger partial charge on any atom is -0.336 e. The molecular formula is C24H33N2O+. The molecule has 3 rings (SSSR count). The molecule has 1 amide bonds. The largest absolute Gasteiger partial charge is 0.336 e. The van der Waals surface area contributed by atoms with Crippen LogP contribution in [0.2, 0.25) is 0 Å². The van der Waals surface area contributed by atoms with Gasteiger partial charge in [-0.05, 0) is 36.8 Å². The standard InChI is InChI=1S/C24H32N2O/c27-24(18-25-23-16-10-2-1-3-11-17-23)26(19-21-12-6-4-7-13-21)20-22-14-8-5-9-15-22/h4-9,12-15,23,25H,1-3,10-11,16-20H2/p+1. The van der Waals surface area contributed by atoms with Gasteiger partial charge in [0.2, 0.25) is 0 Å². The molecule has 0 heterocycles. The van der Waals surface area contributed by atoms with Crippen LogP contribution in [0.15, 0.2) is 60.7 Å². The molecule has 1 fully saturated rings. The molecule has 0 spiro atoms. The van der Waals surface area contributed by atoms with Crippen molar-refractivity contribution in [1.29, 1.82) is 0 Å². The highest BCUT2D eigenvalue weighted by molar-refractivity contribution is 5.77. The summed E-state index contributed by atoms with van der Waals surface area (Å²) in [6, 6.07) is 21.2. The number of hydrogen-bond acceptors (Lipinski definition) is 1. The maximum Gasteiger partial charge on any atom is 0.278 e. The summed E-state index contributed by atoms with van der Waals surface area (Å²) >= 11 is 0. The van der Waals surface area contributed by atoms with E-state index in [4.69, 9.17) is 0 Å². The highest BCUT2D eigenvalue weighted by atomic mass is 16.2. The minimum absolute atomic E-state index is 0.241. The van der Waals surface area contributed by atoms with Crippen LogP contribution >= 0.6 is 0 Å². The van der Waals surface area contributed by atoms with Crippen LogP contribution in [0.4, 0.5) is 0 Å². The molecule has 3 nitrogen and oxygen atoms in total. The van der Waals surface area contributed by atoms with Gasteiger partial charge in [-0.2, -0.15) is 0 Å². The minimum atomic E-state index is 0.241. The summed E-state index contributed by atoms with van der Waals surface area (Å²) in [5.74, 6) is 0.241. The Morgan fingerprint density at radius 3 is 1.78 bits per heavy atom. The average Bonchev–Trinajstić information content (AvgIpc) is 2.68. The fourth-order valence-corrected chi connectivity index (χ4v) is 3.96. The van der Waals surface area contributed by atoms with Crippen molar-refractivity contribution < 1.29 is 10.1 Å². The first-order valence-corrected chi connectivity index (χ1v) is 10.5. The number of hydrogen-bond donors (Lipinski definition) is 1. The number of amides is 1. The van der Waals surface area contributed by atoms with Crippen LogP contribution in [-0.4, -0.2) is 23.4 Å². The van der Waals surface area contributed by atoms with E-state index >= 15 is 0 Å². The van der Waals surface area contributed by atoms with E-state index in [0.717, 1.165) is 0 Å². The summed E-state index contributed by atoms with van der Waals surface area (Å²) in [4.78, 5) is 15.0. The lowest BCUT2D eigenvalue weighted by molar-refractivity contribution is -0.681. The molecular weight excluding hydrogens is 332 g/mol. The van der Waals surface area contributed by atoms with Crippen LogP contribution in [0.5, 0.6) is 0 Å². The van der Waals surface area contributed by atoms with Crippen molar-refractivity contribution in [3.8, 4) is 0 Å². The van der Waals surface area contributed by atoms with Gasteiger partial charge >= 0.3 is 0 Å². The van der Waals surface area contributed by atoms with Crippen molar-refractivity contribution in [2.24, 2.45) is 0 Å². The van der Waals surface area contributed by atoms with Gasteiger partial charge in [-0.1, -0.05) is 79.9 Å². The molecule has 0 aromatic heterocycles. The zero-order chi connectivity index (χ0) is 18.7. The van der Waals surface area contributed by atoms with Gasteiger partial charge in [-0.25, -0.2) is 0 Å². The molecule has 2 aromatic carbocycles. The molecule has 1 aliphatic rings. The SMILES string of the molecule is O=C(C[NH2+]C1CCCCCCC1)N(Cc1ccccc1)Cc1ccccc1. The Morgan fingerprint density at radius 2 is 1.26 bits per heavy atom. The molecule has 1 saturated carbocycles. The predicted octanol–water partition coefficient (Wildman–Crippen LogP) is 3.89. The number of nitrogens with two attached hydrogens (primary N) is 1. The first-order chi connectivity index (χ1) is 13.3. The number of quaternary nitrogens is 1. The third-order valence-corrected chi connectivity index (χ3v) is 5.56. The van der Waals surface area contributed by atoms with Crippen LogP contribution in [0.1, 0.15) is 56.1 Å². The zero-order valence-electron chi connectivity index (χ0n) is 16.4. The summed E-state index contributed by atoms with van der Waals surface area (Å²) in [5, 5.41) is 2.30. The van der Waals surface area contributed by atoms with Gasteiger partial charge in [-0.15, -0.1) is 0 Å². The molecule has 0 unspecified atom stereocenters. The number of benzene rings is 2. The highest BCUT2D eigenvalue weighted by Gasteiger charge is 2.20. The van der Waals surface area contributed by atoms with Crippen molar-refractivity contribution in [3.05, 3.63) is 71.8 Å². The van der Waals surface area contributed by atoms with Crippen LogP contribution in [0, 0.1) is 0 Å². The third-order valence-electron chi connectivity index (χ3n) is 5.56. The zero-order valence-corrected chi connectivity index (χ0v) is 16.4. The number of rotatable bonds is 7. The van der Waals surface area contributed by atoms with E-state index in [1.165, 1.54) is 56.1 Å². The highest BCUT2D eigenvalue weighted by Crippen LogP contribution is 2.15. The Labute approximate surface area is 163 Å². The fourth-order valence-electron chi connectivity index (χ4n) is 3.96. The van der Waals surface area contributed by atoms with Gasteiger partial charge in [0.05, 0.1) is 6.04 Å². The maximum atomic E-state index is 13.0. The molecule has 0 aliphatic heterocycles. The summed E-state index contributed by atoms with van der Waals surface area (Å²) in [7, 11) is 0. The topological polar surface area (TPSA) is 36.9 Å². The van der Waals surface area contributed by atoms with Crippen molar-refractivity contribution in [2.75, 3.05) is 6.54 Å². The quantitative estimate of drug-likeness (QED) is 0.794. The molecule has 0 radical (unpaired) electrons. The maximum absolute atomic E-state index is 13.0. The Hall–Kier alpha value is -2.13. The predicted molar refractivity (Wildman–Crippen MR) is 110 cm³/mol. The number of carbonyl (C=O) groups is 1. The second-order valence-electron chi connectivity index (χ2n) is 7.77. The van der Waals surface area contributed by atoms with Gasteiger partial charge in [0.1, 0.15) is 0 Å². The summed E-state index contributed by atoms with van der Waals surface area (Å²) < 4.78 is 0. The summed E-state index contributed by atoms with van der Waals surface area (Å²) in [5.41, 5.74) is 2.38.